The molecule has 0 spiro atoms. The fourth-order valence-corrected chi connectivity index (χ4v) is 1.19. The molecule has 0 bridgehead atoms. The van der Waals surface area contributed by atoms with Gasteiger partial charge in [-0.05, 0) is 25.7 Å². The van der Waals surface area contributed by atoms with Gasteiger partial charge >= 0.3 is 0 Å². The molecule has 11 heavy (non-hydrogen) atoms. The van der Waals surface area contributed by atoms with Gasteiger partial charge in [0.2, 0.25) is 0 Å². The molecule has 0 aromatic rings. The smallest absolute Gasteiger partial charge is 0.0502 e. The first-order valence-corrected chi connectivity index (χ1v) is 4.49. The number of nitrogens with one attached hydrogen (secondary N) is 1. The molecule has 0 aromatic heterocycles. The third kappa shape index (κ3) is 3.21. The Kier molecular flexibility index (Phi) is 3.34. The minimum Gasteiger partial charge on any atom is -0.384 e. The summed E-state index contributed by atoms with van der Waals surface area (Å²) in [6.07, 6.45) is 2.73. The van der Waals surface area contributed by atoms with Crippen molar-refractivity contribution in [2.45, 2.75) is 38.8 Å². The van der Waals surface area contributed by atoms with Crippen molar-refractivity contribution in [2.24, 2.45) is 5.92 Å². The van der Waals surface area contributed by atoms with Crippen LogP contribution < -0.4 is 5.32 Å². The summed E-state index contributed by atoms with van der Waals surface area (Å²) in [7, 11) is 1.76. The largest absolute Gasteiger partial charge is 0.384 e. The molecule has 0 aliphatic heterocycles. The molecule has 1 N–H and O–H groups in total. The zero-order valence-electron chi connectivity index (χ0n) is 7.76. The van der Waals surface area contributed by atoms with Crippen molar-refractivity contribution in [3.8, 4) is 0 Å². The maximum atomic E-state index is 5.09. The van der Waals surface area contributed by atoms with Crippen LogP contribution in [-0.2, 0) is 4.74 Å². The lowest BCUT2D eigenvalue weighted by Gasteiger charge is -2.20. The molecule has 2 atom stereocenters. The molecule has 0 aromatic carbocycles. The Balaban J connectivity index is 2.10. The Hall–Kier alpha value is -0.0800. The molecule has 2 unspecified atom stereocenters. The van der Waals surface area contributed by atoms with Crippen LogP contribution in [0.3, 0.4) is 0 Å². The molecule has 66 valence electrons. The molecule has 1 saturated carbocycles. The van der Waals surface area contributed by atoms with E-state index in [9.17, 15) is 0 Å². The molecule has 0 saturated heterocycles. The quantitative estimate of drug-likeness (QED) is 0.651. The minimum atomic E-state index is 0.599. The second-order valence-electron chi connectivity index (χ2n) is 3.66. The summed E-state index contributed by atoms with van der Waals surface area (Å²) in [5.41, 5.74) is 0. The first-order chi connectivity index (χ1) is 5.24. The van der Waals surface area contributed by atoms with E-state index in [1.165, 1.54) is 12.8 Å². The zero-order chi connectivity index (χ0) is 8.27. The Morgan fingerprint density at radius 1 is 1.45 bits per heavy atom. The molecular formula is C9H19NO. The van der Waals surface area contributed by atoms with Crippen molar-refractivity contribution >= 4 is 0 Å². The molecule has 2 nitrogen and oxygen atoms in total. The van der Waals surface area contributed by atoms with Crippen molar-refractivity contribution < 1.29 is 4.74 Å². The van der Waals surface area contributed by atoms with Crippen molar-refractivity contribution in [2.75, 3.05) is 13.7 Å². The fraction of sp³-hybridized carbons (Fsp3) is 1.00. The standard InChI is InChI=1S/C9H19NO/c1-7(6-11-3)8(2)10-9-4-5-9/h7-10H,4-6H2,1-3H3. The van der Waals surface area contributed by atoms with Crippen LogP contribution in [0.2, 0.25) is 0 Å². The highest BCUT2D eigenvalue weighted by Gasteiger charge is 2.24. The van der Waals surface area contributed by atoms with E-state index in [0.29, 0.717) is 12.0 Å². The number of rotatable bonds is 5. The Labute approximate surface area is 69.3 Å². The molecule has 0 amide bonds. The van der Waals surface area contributed by atoms with Crippen LogP contribution in [0, 0.1) is 5.92 Å². The molecule has 2 heteroatoms. The van der Waals surface area contributed by atoms with Crippen molar-refractivity contribution in [3.05, 3.63) is 0 Å². The third-order valence-electron chi connectivity index (χ3n) is 2.36. The lowest BCUT2D eigenvalue weighted by molar-refractivity contribution is 0.142. The van der Waals surface area contributed by atoms with E-state index < -0.39 is 0 Å². The molecule has 0 heterocycles. The maximum absolute atomic E-state index is 5.09. The van der Waals surface area contributed by atoms with Crippen molar-refractivity contribution in [3.63, 3.8) is 0 Å². The van der Waals surface area contributed by atoms with Gasteiger partial charge in [-0.15, -0.1) is 0 Å². The monoisotopic (exact) mass is 157 g/mol. The highest BCUT2D eigenvalue weighted by Crippen LogP contribution is 2.20. The first-order valence-electron chi connectivity index (χ1n) is 4.49. The molecule has 1 aliphatic carbocycles. The number of methoxy groups -OCH3 is 1. The highest BCUT2D eigenvalue weighted by atomic mass is 16.5. The second-order valence-corrected chi connectivity index (χ2v) is 3.66. The highest BCUT2D eigenvalue weighted by molar-refractivity contribution is 4.84. The lowest BCUT2D eigenvalue weighted by Crippen LogP contribution is -2.35. The summed E-state index contributed by atoms with van der Waals surface area (Å²) >= 11 is 0. The van der Waals surface area contributed by atoms with Gasteiger partial charge in [-0.25, -0.2) is 0 Å². The van der Waals surface area contributed by atoms with Crippen LogP contribution >= 0.6 is 0 Å². The molecule has 0 radical (unpaired) electrons. The topological polar surface area (TPSA) is 21.3 Å². The van der Waals surface area contributed by atoms with Crippen LogP contribution in [0.4, 0.5) is 0 Å². The van der Waals surface area contributed by atoms with E-state index in [0.717, 1.165) is 12.6 Å². The Morgan fingerprint density at radius 3 is 2.55 bits per heavy atom. The normalized spacial score (nSPS) is 23.2. The van der Waals surface area contributed by atoms with E-state index in [4.69, 9.17) is 4.74 Å². The van der Waals surface area contributed by atoms with E-state index in [1.54, 1.807) is 7.11 Å². The molecule has 1 fully saturated rings. The summed E-state index contributed by atoms with van der Waals surface area (Å²) in [5.74, 6) is 0.626. The van der Waals surface area contributed by atoms with Gasteiger partial charge in [0.25, 0.3) is 0 Å². The van der Waals surface area contributed by atoms with Gasteiger partial charge in [-0.2, -0.15) is 0 Å². The van der Waals surface area contributed by atoms with Crippen LogP contribution in [-0.4, -0.2) is 25.8 Å². The third-order valence-corrected chi connectivity index (χ3v) is 2.36. The van der Waals surface area contributed by atoms with Gasteiger partial charge in [0, 0.05) is 19.2 Å². The minimum absolute atomic E-state index is 0.599. The van der Waals surface area contributed by atoms with Gasteiger partial charge in [0.05, 0.1) is 6.61 Å². The first kappa shape index (κ1) is 9.01. The van der Waals surface area contributed by atoms with E-state index >= 15 is 0 Å². The molecule has 1 rings (SSSR count). The van der Waals surface area contributed by atoms with E-state index in [-0.39, 0.29) is 0 Å². The molecular weight excluding hydrogens is 138 g/mol. The second kappa shape index (κ2) is 4.07. The van der Waals surface area contributed by atoms with Gasteiger partial charge in [-0.1, -0.05) is 6.92 Å². The average Bonchev–Trinajstić information content (AvgIpc) is 2.72. The van der Waals surface area contributed by atoms with E-state index in [2.05, 4.69) is 19.2 Å². The number of ether oxygens (including phenoxy) is 1. The average molecular weight is 157 g/mol. The Bertz CT molecular complexity index is 112. The number of hydrogen-bond acceptors (Lipinski definition) is 2. The summed E-state index contributed by atoms with van der Waals surface area (Å²) < 4.78 is 5.09. The van der Waals surface area contributed by atoms with Gasteiger partial charge in [-0.3, -0.25) is 0 Å². The zero-order valence-corrected chi connectivity index (χ0v) is 7.76. The SMILES string of the molecule is COCC(C)C(C)NC1CC1. The summed E-state index contributed by atoms with van der Waals surface area (Å²) in [4.78, 5) is 0. The Morgan fingerprint density at radius 2 is 2.09 bits per heavy atom. The van der Waals surface area contributed by atoms with Crippen LogP contribution in [0.25, 0.3) is 0 Å². The predicted octanol–water partition coefficient (Wildman–Crippen LogP) is 1.41. The number of hydrogen-bond donors (Lipinski definition) is 1. The van der Waals surface area contributed by atoms with Crippen LogP contribution in [0.5, 0.6) is 0 Å². The van der Waals surface area contributed by atoms with Crippen molar-refractivity contribution in [1.82, 2.24) is 5.32 Å². The summed E-state index contributed by atoms with van der Waals surface area (Å²) in [6, 6.07) is 1.41. The fourth-order valence-electron chi connectivity index (χ4n) is 1.19. The van der Waals surface area contributed by atoms with Gasteiger partial charge in [0.15, 0.2) is 0 Å². The summed E-state index contributed by atoms with van der Waals surface area (Å²) in [6.45, 7) is 5.33. The van der Waals surface area contributed by atoms with Gasteiger partial charge in [0.1, 0.15) is 0 Å². The van der Waals surface area contributed by atoms with Crippen LogP contribution in [0.15, 0.2) is 0 Å². The van der Waals surface area contributed by atoms with Gasteiger partial charge < -0.3 is 10.1 Å². The van der Waals surface area contributed by atoms with E-state index in [1.807, 2.05) is 0 Å². The van der Waals surface area contributed by atoms with Crippen molar-refractivity contribution in [1.29, 1.82) is 0 Å². The maximum Gasteiger partial charge on any atom is 0.0502 e. The predicted molar refractivity (Wildman–Crippen MR) is 46.7 cm³/mol. The summed E-state index contributed by atoms with van der Waals surface area (Å²) in [5, 5.41) is 3.56. The molecule has 1 aliphatic rings. The van der Waals surface area contributed by atoms with Crippen LogP contribution in [0.1, 0.15) is 26.7 Å². The lowest BCUT2D eigenvalue weighted by atomic mass is 10.1.